The molecule has 1 aliphatic rings. The van der Waals surface area contributed by atoms with Gasteiger partial charge in [0.1, 0.15) is 0 Å². The zero-order valence-electron chi connectivity index (χ0n) is 14.3. The Morgan fingerprint density at radius 3 is 2.65 bits per heavy atom. The van der Waals surface area contributed by atoms with Crippen LogP contribution in [0, 0.1) is 5.92 Å². The van der Waals surface area contributed by atoms with Crippen LogP contribution in [-0.4, -0.2) is 29.8 Å². The van der Waals surface area contributed by atoms with Crippen molar-refractivity contribution in [3.05, 3.63) is 64.1 Å². The van der Waals surface area contributed by atoms with Gasteiger partial charge in [0.05, 0.1) is 16.6 Å². The molecule has 4 nitrogen and oxygen atoms in total. The molecule has 26 heavy (non-hydrogen) atoms. The van der Waals surface area contributed by atoms with Gasteiger partial charge in [-0.15, -0.1) is 0 Å². The average Bonchev–Trinajstić information content (AvgIpc) is 2.99. The van der Waals surface area contributed by atoms with Crippen molar-refractivity contribution >= 4 is 40.7 Å². The first kappa shape index (κ1) is 18.7. The van der Waals surface area contributed by atoms with Crippen LogP contribution < -0.4 is 5.32 Å². The van der Waals surface area contributed by atoms with Crippen LogP contribution in [-0.2, 0) is 16.0 Å². The zero-order chi connectivity index (χ0) is 18.5. The molecule has 1 aliphatic heterocycles. The predicted molar refractivity (Wildman–Crippen MR) is 105 cm³/mol. The summed E-state index contributed by atoms with van der Waals surface area (Å²) in [6.45, 7) is 1.11. The number of aryl methyl sites for hydroxylation is 1. The molecule has 2 amide bonds. The largest absolute Gasteiger partial charge is 0.342 e. The van der Waals surface area contributed by atoms with Crippen molar-refractivity contribution in [2.45, 2.75) is 19.3 Å². The number of nitrogens with one attached hydrogen (secondary N) is 1. The normalized spacial score (nSPS) is 16.8. The number of rotatable bonds is 6. The number of amides is 2. The van der Waals surface area contributed by atoms with Gasteiger partial charge >= 0.3 is 0 Å². The third-order valence-corrected chi connectivity index (χ3v) is 5.06. The van der Waals surface area contributed by atoms with E-state index in [9.17, 15) is 9.59 Å². The van der Waals surface area contributed by atoms with E-state index in [-0.39, 0.29) is 24.2 Å². The Balaban J connectivity index is 1.51. The van der Waals surface area contributed by atoms with Crippen LogP contribution in [0.15, 0.2) is 48.5 Å². The van der Waals surface area contributed by atoms with E-state index in [1.54, 1.807) is 23.1 Å². The van der Waals surface area contributed by atoms with E-state index >= 15 is 0 Å². The highest BCUT2D eigenvalue weighted by Crippen LogP contribution is 2.27. The number of likely N-dealkylation sites (tertiary alicyclic amines) is 1. The number of hydrogen-bond donors (Lipinski definition) is 1. The van der Waals surface area contributed by atoms with Gasteiger partial charge in [-0.05, 0) is 36.6 Å². The molecule has 136 valence electrons. The molecule has 1 saturated heterocycles. The molecule has 0 radical (unpaired) electrons. The summed E-state index contributed by atoms with van der Waals surface area (Å²) < 4.78 is 0. The molecule has 0 aromatic heterocycles. The lowest BCUT2D eigenvalue weighted by molar-refractivity contribution is -0.128. The van der Waals surface area contributed by atoms with Gasteiger partial charge in [0.2, 0.25) is 11.8 Å². The van der Waals surface area contributed by atoms with Gasteiger partial charge in [0, 0.05) is 24.5 Å². The van der Waals surface area contributed by atoms with Crippen LogP contribution >= 0.6 is 23.2 Å². The van der Waals surface area contributed by atoms with E-state index in [4.69, 9.17) is 23.2 Å². The number of halogens is 2. The van der Waals surface area contributed by atoms with Crippen molar-refractivity contribution in [1.29, 1.82) is 0 Å². The molecule has 2 aromatic carbocycles. The van der Waals surface area contributed by atoms with E-state index < -0.39 is 0 Å². The molecular weight excluding hydrogens is 371 g/mol. The topological polar surface area (TPSA) is 49.4 Å². The SMILES string of the molecule is O=C(Nc1ccc(Cl)cc1Cl)C1CC(=O)N(CCCc2ccccc2)C1. The van der Waals surface area contributed by atoms with Gasteiger partial charge in [-0.3, -0.25) is 9.59 Å². The third kappa shape index (κ3) is 4.77. The van der Waals surface area contributed by atoms with Crippen LogP contribution in [0.4, 0.5) is 5.69 Å². The fraction of sp³-hybridized carbons (Fsp3) is 0.300. The lowest BCUT2D eigenvalue weighted by atomic mass is 10.1. The van der Waals surface area contributed by atoms with Gasteiger partial charge in [0.25, 0.3) is 0 Å². The van der Waals surface area contributed by atoms with Crippen LogP contribution in [0.3, 0.4) is 0 Å². The quantitative estimate of drug-likeness (QED) is 0.793. The van der Waals surface area contributed by atoms with Gasteiger partial charge in [0.15, 0.2) is 0 Å². The first-order chi connectivity index (χ1) is 12.5. The minimum Gasteiger partial charge on any atom is -0.342 e. The Bertz CT molecular complexity index is 796. The van der Waals surface area contributed by atoms with Gasteiger partial charge < -0.3 is 10.2 Å². The van der Waals surface area contributed by atoms with E-state index in [1.807, 2.05) is 18.2 Å². The molecule has 1 fully saturated rings. The summed E-state index contributed by atoms with van der Waals surface area (Å²) in [5, 5.41) is 3.69. The van der Waals surface area contributed by atoms with E-state index in [0.717, 1.165) is 12.8 Å². The minimum absolute atomic E-state index is 0.0282. The average molecular weight is 391 g/mol. The summed E-state index contributed by atoms with van der Waals surface area (Å²) in [5.41, 5.74) is 1.77. The zero-order valence-corrected chi connectivity index (χ0v) is 15.8. The third-order valence-electron chi connectivity index (χ3n) is 4.51. The monoisotopic (exact) mass is 390 g/mol. The van der Waals surface area contributed by atoms with Crippen LogP contribution in [0.2, 0.25) is 10.0 Å². The smallest absolute Gasteiger partial charge is 0.229 e. The highest BCUT2D eigenvalue weighted by Gasteiger charge is 2.34. The number of benzene rings is 2. The van der Waals surface area contributed by atoms with Crippen molar-refractivity contribution in [2.24, 2.45) is 5.92 Å². The van der Waals surface area contributed by atoms with Crippen molar-refractivity contribution < 1.29 is 9.59 Å². The first-order valence-electron chi connectivity index (χ1n) is 8.60. The summed E-state index contributed by atoms with van der Waals surface area (Å²) in [6.07, 6.45) is 2.04. The lowest BCUT2D eigenvalue weighted by Crippen LogP contribution is -2.29. The molecule has 0 aliphatic carbocycles. The molecular formula is C20H20Cl2N2O2. The molecule has 6 heteroatoms. The maximum absolute atomic E-state index is 12.5. The predicted octanol–water partition coefficient (Wildman–Crippen LogP) is 4.41. The second kappa shape index (κ2) is 8.56. The highest BCUT2D eigenvalue weighted by molar-refractivity contribution is 6.36. The number of carbonyl (C=O) groups excluding carboxylic acids is 2. The maximum Gasteiger partial charge on any atom is 0.229 e. The Labute approximate surface area is 163 Å². The molecule has 1 atom stereocenters. The van der Waals surface area contributed by atoms with Crippen LogP contribution in [0.5, 0.6) is 0 Å². The highest BCUT2D eigenvalue weighted by atomic mass is 35.5. The van der Waals surface area contributed by atoms with Crippen molar-refractivity contribution in [3.8, 4) is 0 Å². The van der Waals surface area contributed by atoms with E-state index in [1.165, 1.54) is 5.56 Å². The Morgan fingerprint density at radius 1 is 1.15 bits per heavy atom. The molecule has 1 N–H and O–H groups in total. The minimum atomic E-state index is -0.356. The first-order valence-corrected chi connectivity index (χ1v) is 9.36. The maximum atomic E-state index is 12.5. The fourth-order valence-corrected chi connectivity index (χ4v) is 3.56. The molecule has 0 saturated carbocycles. The van der Waals surface area contributed by atoms with Gasteiger partial charge in [-0.1, -0.05) is 53.5 Å². The molecule has 0 spiro atoms. The van der Waals surface area contributed by atoms with Gasteiger partial charge in [-0.2, -0.15) is 0 Å². The number of nitrogens with zero attached hydrogens (tertiary/aromatic N) is 1. The summed E-state index contributed by atoms with van der Waals surface area (Å²) in [4.78, 5) is 26.4. The van der Waals surface area contributed by atoms with E-state index in [0.29, 0.717) is 28.8 Å². The standard InChI is InChI=1S/C20H20Cl2N2O2/c21-16-8-9-18(17(22)12-16)23-20(26)15-11-19(25)24(13-15)10-4-7-14-5-2-1-3-6-14/h1-3,5-6,8-9,12,15H,4,7,10-11,13H2,(H,23,26). The second-order valence-electron chi connectivity index (χ2n) is 6.44. The van der Waals surface area contributed by atoms with Crippen molar-refractivity contribution in [1.82, 2.24) is 4.90 Å². The molecule has 1 unspecified atom stereocenters. The molecule has 1 heterocycles. The van der Waals surface area contributed by atoms with Crippen molar-refractivity contribution in [2.75, 3.05) is 18.4 Å². The lowest BCUT2D eigenvalue weighted by Gasteiger charge is -2.16. The Hall–Kier alpha value is -2.04. The number of hydrogen-bond acceptors (Lipinski definition) is 2. The van der Waals surface area contributed by atoms with Crippen LogP contribution in [0.25, 0.3) is 0 Å². The number of anilines is 1. The molecule has 2 aromatic rings. The summed E-state index contributed by atoms with van der Waals surface area (Å²) in [5.74, 6) is -0.514. The van der Waals surface area contributed by atoms with Gasteiger partial charge in [-0.25, -0.2) is 0 Å². The summed E-state index contributed by atoms with van der Waals surface area (Å²) >= 11 is 12.0. The summed E-state index contributed by atoms with van der Waals surface area (Å²) in [6, 6.07) is 15.1. The Morgan fingerprint density at radius 2 is 1.92 bits per heavy atom. The van der Waals surface area contributed by atoms with E-state index in [2.05, 4.69) is 17.4 Å². The number of carbonyl (C=O) groups is 2. The molecule has 0 bridgehead atoms. The Kier molecular flexibility index (Phi) is 6.17. The van der Waals surface area contributed by atoms with Crippen LogP contribution in [0.1, 0.15) is 18.4 Å². The second-order valence-corrected chi connectivity index (χ2v) is 7.29. The fourth-order valence-electron chi connectivity index (χ4n) is 3.11. The molecule has 3 rings (SSSR count). The van der Waals surface area contributed by atoms with Crippen molar-refractivity contribution in [3.63, 3.8) is 0 Å². The summed E-state index contributed by atoms with van der Waals surface area (Å²) in [7, 11) is 0.